The van der Waals surface area contributed by atoms with Crippen molar-refractivity contribution in [1.82, 2.24) is 19.5 Å². The number of aromatic hydroxyl groups is 1. The van der Waals surface area contributed by atoms with Crippen molar-refractivity contribution < 1.29 is 5.11 Å². The molecular weight excluding hydrogens is 332 g/mol. The lowest BCUT2D eigenvalue weighted by molar-refractivity contribution is 0.112. The first-order chi connectivity index (χ1) is 12.0. The maximum atomic E-state index is 10.8. The molecule has 3 unspecified atom stereocenters. The van der Waals surface area contributed by atoms with E-state index in [2.05, 4.69) is 53.1 Å². The lowest BCUT2D eigenvalue weighted by Crippen LogP contribution is -2.41. The molecule has 0 aliphatic carbocycles. The molecule has 6 heteroatoms. The van der Waals surface area contributed by atoms with Crippen LogP contribution in [0, 0.1) is 18.8 Å². The number of hydrogen-bond acceptors (Lipinski definition) is 5. The first-order valence-electron chi connectivity index (χ1n) is 8.87. The van der Waals surface area contributed by atoms with E-state index in [-0.39, 0.29) is 11.9 Å². The lowest BCUT2D eigenvalue weighted by atomic mass is 9.89. The summed E-state index contributed by atoms with van der Waals surface area (Å²) >= 11 is 1.54. The molecule has 0 bridgehead atoms. The minimum absolute atomic E-state index is 0.0419. The zero-order valence-electron chi connectivity index (χ0n) is 14.9. The largest absolute Gasteiger partial charge is 0.492 e. The van der Waals surface area contributed by atoms with Crippen LogP contribution in [-0.2, 0) is 0 Å². The molecule has 1 aliphatic heterocycles. The highest BCUT2D eigenvalue weighted by Gasteiger charge is 2.33. The Bertz CT molecular complexity index is 862. The van der Waals surface area contributed by atoms with Gasteiger partial charge in [-0.25, -0.2) is 4.98 Å². The molecule has 1 aromatic carbocycles. The van der Waals surface area contributed by atoms with E-state index in [1.807, 2.05) is 13.0 Å². The number of likely N-dealkylation sites (tertiary alicyclic amines) is 1. The van der Waals surface area contributed by atoms with E-state index in [1.54, 1.807) is 15.9 Å². The van der Waals surface area contributed by atoms with Crippen LogP contribution >= 0.6 is 11.3 Å². The quantitative estimate of drug-likeness (QED) is 0.774. The molecule has 3 heterocycles. The van der Waals surface area contributed by atoms with E-state index in [4.69, 9.17) is 0 Å². The molecule has 0 saturated carbocycles. The van der Waals surface area contributed by atoms with Crippen LogP contribution in [-0.4, -0.2) is 37.7 Å². The molecule has 132 valence electrons. The number of hydrogen-bond donors (Lipinski definition) is 1. The number of aromatic nitrogens is 3. The molecule has 4 rings (SSSR count). The van der Waals surface area contributed by atoms with Crippen molar-refractivity contribution in [3.8, 4) is 5.88 Å². The van der Waals surface area contributed by atoms with Gasteiger partial charge in [0.25, 0.3) is 0 Å². The number of nitrogens with zero attached hydrogens (tertiary/aromatic N) is 4. The van der Waals surface area contributed by atoms with Crippen molar-refractivity contribution in [3.05, 3.63) is 46.6 Å². The third-order valence-corrected chi connectivity index (χ3v) is 6.00. The van der Waals surface area contributed by atoms with Gasteiger partial charge in [-0.05, 0) is 30.7 Å². The third kappa shape index (κ3) is 3.04. The van der Waals surface area contributed by atoms with Crippen LogP contribution in [0.5, 0.6) is 5.88 Å². The van der Waals surface area contributed by atoms with Crippen molar-refractivity contribution in [2.24, 2.45) is 11.8 Å². The van der Waals surface area contributed by atoms with Gasteiger partial charge >= 0.3 is 0 Å². The van der Waals surface area contributed by atoms with E-state index >= 15 is 0 Å². The van der Waals surface area contributed by atoms with E-state index < -0.39 is 0 Å². The molecule has 25 heavy (non-hydrogen) atoms. The molecule has 0 radical (unpaired) electrons. The van der Waals surface area contributed by atoms with Gasteiger partial charge < -0.3 is 5.11 Å². The van der Waals surface area contributed by atoms with Crippen LogP contribution in [0.4, 0.5) is 0 Å². The first-order valence-corrected chi connectivity index (χ1v) is 9.68. The number of benzene rings is 1. The summed E-state index contributed by atoms with van der Waals surface area (Å²) in [5, 5.41) is 15.2. The normalized spacial score (nSPS) is 23.2. The van der Waals surface area contributed by atoms with Gasteiger partial charge in [0.1, 0.15) is 5.82 Å². The third-order valence-electron chi connectivity index (χ3n) is 4.93. The molecule has 2 aromatic heterocycles. The summed E-state index contributed by atoms with van der Waals surface area (Å²) in [6.45, 7) is 8.56. The summed E-state index contributed by atoms with van der Waals surface area (Å²) in [7, 11) is 0. The van der Waals surface area contributed by atoms with Gasteiger partial charge in [-0.3, -0.25) is 4.90 Å². The van der Waals surface area contributed by atoms with E-state index in [0.29, 0.717) is 17.7 Å². The topological polar surface area (TPSA) is 53.7 Å². The van der Waals surface area contributed by atoms with Crippen LogP contribution in [0.25, 0.3) is 4.96 Å². The van der Waals surface area contributed by atoms with Gasteiger partial charge in [-0.1, -0.05) is 55.5 Å². The zero-order chi connectivity index (χ0) is 17.6. The second-order valence-corrected chi connectivity index (χ2v) is 8.37. The second-order valence-electron chi connectivity index (χ2n) is 7.36. The van der Waals surface area contributed by atoms with Crippen LogP contribution in [0.1, 0.15) is 42.6 Å². The molecule has 0 spiro atoms. The van der Waals surface area contributed by atoms with Crippen molar-refractivity contribution in [1.29, 1.82) is 0 Å². The zero-order valence-corrected chi connectivity index (χ0v) is 15.7. The Labute approximate surface area is 151 Å². The molecule has 0 amide bonds. The lowest BCUT2D eigenvalue weighted by Gasteiger charge is -2.40. The maximum Gasteiger partial charge on any atom is 0.230 e. The molecule has 1 fully saturated rings. The van der Waals surface area contributed by atoms with E-state index in [1.165, 1.54) is 12.0 Å². The second kappa shape index (κ2) is 6.42. The Morgan fingerprint density at radius 1 is 1.16 bits per heavy atom. The molecule has 1 N–H and O–H groups in total. The fourth-order valence-corrected chi connectivity index (χ4v) is 5.27. The Morgan fingerprint density at radius 2 is 1.84 bits per heavy atom. The number of fused-ring (bicyclic) bond motifs is 1. The van der Waals surface area contributed by atoms with Gasteiger partial charge in [0.2, 0.25) is 10.8 Å². The molecule has 1 aliphatic rings. The van der Waals surface area contributed by atoms with Crippen molar-refractivity contribution in [2.75, 3.05) is 13.1 Å². The van der Waals surface area contributed by atoms with Crippen LogP contribution in [0.3, 0.4) is 0 Å². The molecule has 3 aromatic rings. The Kier molecular flexibility index (Phi) is 4.25. The summed E-state index contributed by atoms with van der Waals surface area (Å²) in [5.74, 6) is 2.22. The standard InChI is InChI=1S/C19H24N4OS/c1-12-9-13(2)11-22(10-12)16(15-7-5-4-6-8-15)17-18(24)23-19(25-17)20-14(3)21-23/h4-8,12-13,16,24H,9-11H2,1-3H3. The SMILES string of the molecule is Cc1nc2sc(C(c3ccccc3)N3CC(C)CC(C)C3)c(O)n2n1. The summed E-state index contributed by atoms with van der Waals surface area (Å²) in [5.41, 5.74) is 1.21. The minimum atomic E-state index is 0.0419. The summed E-state index contributed by atoms with van der Waals surface area (Å²) in [6, 6.07) is 10.5. The van der Waals surface area contributed by atoms with Gasteiger partial charge in [0, 0.05) is 13.1 Å². The smallest absolute Gasteiger partial charge is 0.230 e. The van der Waals surface area contributed by atoms with Crippen molar-refractivity contribution >= 4 is 16.3 Å². The Balaban J connectivity index is 1.82. The molecular formula is C19H24N4OS. The number of thiazole rings is 1. The monoisotopic (exact) mass is 356 g/mol. The van der Waals surface area contributed by atoms with Gasteiger partial charge in [0.15, 0.2) is 0 Å². The number of piperidine rings is 1. The predicted molar refractivity (Wildman–Crippen MR) is 100 cm³/mol. The molecule has 5 nitrogen and oxygen atoms in total. The molecule has 1 saturated heterocycles. The predicted octanol–water partition coefficient (Wildman–Crippen LogP) is 3.87. The highest BCUT2D eigenvalue weighted by molar-refractivity contribution is 7.17. The Morgan fingerprint density at radius 3 is 2.48 bits per heavy atom. The van der Waals surface area contributed by atoms with Gasteiger partial charge in [0.05, 0.1) is 10.9 Å². The fraction of sp³-hybridized carbons (Fsp3) is 0.474. The van der Waals surface area contributed by atoms with Gasteiger partial charge in [-0.15, -0.1) is 5.10 Å². The minimum Gasteiger partial charge on any atom is -0.492 e. The summed E-state index contributed by atoms with van der Waals surface area (Å²) in [4.78, 5) is 8.63. The summed E-state index contributed by atoms with van der Waals surface area (Å²) in [6.07, 6.45) is 1.26. The maximum absolute atomic E-state index is 10.8. The van der Waals surface area contributed by atoms with E-state index in [0.717, 1.165) is 22.9 Å². The van der Waals surface area contributed by atoms with E-state index in [9.17, 15) is 5.11 Å². The van der Waals surface area contributed by atoms with Crippen LogP contribution in [0.15, 0.2) is 30.3 Å². The highest BCUT2D eigenvalue weighted by atomic mass is 32.1. The average molecular weight is 356 g/mol. The number of rotatable bonds is 3. The Hall–Kier alpha value is -1.92. The van der Waals surface area contributed by atoms with Crippen molar-refractivity contribution in [2.45, 2.75) is 33.2 Å². The van der Waals surface area contributed by atoms with Crippen molar-refractivity contribution in [3.63, 3.8) is 0 Å². The number of aryl methyl sites for hydroxylation is 1. The average Bonchev–Trinajstić information content (AvgIpc) is 3.06. The highest BCUT2D eigenvalue weighted by Crippen LogP contribution is 2.41. The first kappa shape index (κ1) is 16.5. The van der Waals surface area contributed by atoms with Gasteiger partial charge in [-0.2, -0.15) is 4.52 Å². The van der Waals surface area contributed by atoms with Crippen LogP contribution in [0.2, 0.25) is 0 Å². The summed E-state index contributed by atoms with van der Waals surface area (Å²) < 4.78 is 1.57. The molecule has 3 atom stereocenters. The van der Waals surface area contributed by atoms with Crippen LogP contribution < -0.4 is 0 Å². The fourth-order valence-electron chi connectivity index (χ4n) is 4.11.